The second-order valence-corrected chi connectivity index (χ2v) is 4.32. The molecule has 0 spiro atoms. The first kappa shape index (κ1) is 14.4. The van der Waals surface area contributed by atoms with Crippen LogP contribution in [0.25, 0.3) is 6.08 Å². The summed E-state index contributed by atoms with van der Waals surface area (Å²) in [6, 6.07) is 9.70. The van der Waals surface area contributed by atoms with E-state index in [0.717, 1.165) is 5.56 Å². The first-order valence-corrected chi connectivity index (χ1v) is 6.10. The van der Waals surface area contributed by atoms with Crippen LogP contribution in [0.15, 0.2) is 36.4 Å². The molecule has 1 rings (SSSR count). The molecule has 0 saturated carbocycles. The molecule has 0 aromatic heterocycles. The van der Waals surface area contributed by atoms with Crippen molar-refractivity contribution >= 4 is 29.3 Å². The number of ketones is 1. The third-order valence-corrected chi connectivity index (χ3v) is 2.68. The van der Waals surface area contributed by atoms with Crippen molar-refractivity contribution in [3.8, 4) is 0 Å². The predicted octanol–water partition coefficient (Wildman–Crippen LogP) is 2.52. The van der Waals surface area contributed by atoms with Crippen LogP contribution in [0.2, 0.25) is 0 Å². The van der Waals surface area contributed by atoms with Gasteiger partial charge < -0.3 is 9.64 Å². The fourth-order valence-electron chi connectivity index (χ4n) is 1.20. The van der Waals surface area contributed by atoms with Crippen molar-refractivity contribution in [3.05, 3.63) is 42.0 Å². The molecule has 0 atom stereocenters. The molecule has 0 aliphatic carbocycles. The van der Waals surface area contributed by atoms with Crippen LogP contribution in [0.4, 0.5) is 0 Å². The van der Waals surface area contributed by atoms with Gasteiger partial charge in [-0.15, -0.1) is 0 Å². The first-order valence-electron chi connectivity index (χ1n) is 5.69. The molecule has 0 unspecified atom stereocenters. The summed E-state index contributed by atoms with van der Waals surface area (Å²) in [5.74, 6) is 0.0282. The normalized spacial score (nSPS) is 10.3. The number of thiocarbonyl (C=S) groups is 1. The lowest BCUT2D eigenvalue weighted by Crippen LogP contribution is -2.23. The van der Waals surface area contributed by atoms with Crippen molar-refractivity contribution < 1.29 is 9.53 Å². The van der Waals surface area contributed by atoms with E-state index in [9.17, 15) is 4.79 Å². The summed E-state index contributed by atoms with van der Waals surface area (Å²) in [6.45, 7) is 0.314. The summed E-state index contributed by atoms with van der Waals surface area (Å²) < 4.78 is 5.23. The van der Waals surface area contributed by atoms with E-state index in [-0.39, 0.29) is 5.78 Å². The van der Waals surface area contributed by atoms with E-state index in [0.29, 0.717) is 18.2 Å². The molecule has 0 aliphatic heterocycles. The molecule has 18 heavy (non-hydrogen) atoms. The van der Waals surface area contributed by atoms with Crippen molar-refractivity contribution in [1.29, 1.82) is 0 Å². The highest BCUT2D eigenvalue weighted by Gasteiger charge is 2.01. The molecule has 0 amide bonds. The van der Waals surface area contributed by atoms with Gasteiger partial charge in [0.25, 0.3) is 5.17 Å². The van der Waals surface area contributed by atoms with Crippen LogP contribution in [-0.2, 0) is 9.53 Å². The van der Waals surface area contributed by atoms with Gasteiger partial charge in [0.2, 0.25) is 0 Å². The molecule has 1 aromatic rings. The number of hydrogen-bond donors (Lipinski definition) is 0. The highest BCUT2D eigenvalue weighted by Crippen LogP contribution is 2.01. The van der Waals surface area contributed by atoms with Crippen LogP contribution in [0.5, 0.6) is 0 Å². The summed E-state index contributed by atoms with van der Waals surface area (Å²) in [7, 11) is 3.61. The Morgan fingerprint density at radius 2 is 2.00 bits per heavy atom. The standard InChI is InChI=1S/C14H17NO2S/c1-15(2)14(18)17-11-10-13(16)9-8-12-6-4-3-5-7-12/h3-9H,10-11H2,1-2H3. The molecule has 0 heterocycles. The quantitative estimate of drug-likeness (QED) is 0.603. The molecule has 0 aliphatic rings. The van der Waals surface area contributed by atoms with Gasteiger partial charge in [0.15, 0.2) is 5.78 Å². The Labute approximate surface area is 113 Å². The van der Waals surface area contributed by atoms with E-state index >= 15 is 0 Å². The Morgan fingerprint density at radius 1 is 1.33 bits per heavy atom. The molecular formula is C14H17NO2S. The van der Waals surface area contributed by atoms with E-state index < -0.39 is 0 Å². The molecule has 0 fully saturated rings. The average molecular weight is 263 g/mol. The van der Waals surface area contributed by atoms with Gasteiger partial charge in [-0.05, 0) is 23.9 Å². The van der Waals surface area contributed by atoms with Gasteiger partial charge in [0.1, 0.15) is 0 Å². The lowest BCUT2D eigenvalue weighted by Gasteiger charge is -2.13. The summed E-state index contributed by atoms with van der Waals surface area (Å²) in [4.78, 5) is 13.2. The van der Waals surface area contributed by atoms with Crippen molar-refractivity contribution in [2.24, 2.45) is 0 Å². The number of hydrogen-bond acceptors (Lipinski definition) is 3. The summed E-state index contributed by atoms with van der Waals surface area (Å²) in [5, 5.41) is 0.398. The zero-order chi connectivity index (χ0) is 13.4. The van der Waals surface area contributed by atoms with Gasteiger partial charge >= 0.3 is 0 Å². The second-order valence-electron chi connectivity index (χ2n) is 3.97. The number of benzene rings is 1. The van der Waals surface area contributed by atoms with Gasteiger partial charge in [-0.3, -0.25) is 4.79 Å². The average Bonchev–Trinajstić information content (AvgIpc) is 2.37. The highest BCUT2D eigenvalue weighted by molar-refractivity contribution is 7.80. The minimum absolute atomic E-state index is 0.0282. The molecule has 0 N–H and O–H groups in total. The molecular weight excluding hydrogens is 246 g/mol. The van der Waals surface area contributed by atoms with Crippen LogP contribution in [0, 0.1) is 0 Å². The maximum absolute atomic E-state index is 11.5. The van der Waals surface area contributed by atoms with Crippen LogP contribution in [0.1, 0.15) is 12.0 Å². The molecule has 0 bridgehead atoms. The number of carbonyl (C=O) groups excluding carboxylic acids is 1. The summed E-state index contributed by atoms with van der Waals surface area (Å²) in [5.41, 5.74) is 1.01. The highest BCUT2D eigenvalue weighted by atomic mass is 32.1. The zero-order valence-corrected chi connectivity index (χ0v) is 11.4. The van der Waals surface area contributed by atoms with Gasteiger partial charge in [0.05, 0.1) is 6.61 Å². The molecule has 0 saturated heterocycles. The smallest absolute Gasteiger partial charge is 0.258 e. The Hall–Kier alpha value is -1.68. The number of nitrogens with zero attached hydrogens (tertiary/aromatic N) is 1. The van der Waals surface area contributed by atoms with Crippen LogP contribution in [0.3, 0.4) is 0 Å². The number of carbonyl (C=O) groups is 1. The van der Waals surface area contributed by atoms with Crippen LogP contribution >= 0.6 is 12.2 Å². The molecule has 3 nitrogen and oxygen atoms in total. The summed E-state index contributed by atoms with van der Waals surface area (Å²) >= 11 is 4.95. The minimum Gasteiger partial charge on any atom is -0.470 e. The third-order valence-electron chi connectivity index (χ3n) is 2.20. The van der Waals surface area contributed by atoms with Gasteiger partial charge in [-0.25, -0.2) is 0 Å². The SMILES string of the molecule is CN(C)C(=S)OCCC(=O)C=Cc1ccccc1. The van der Waals surface area contributed by atoms with Crippen LogP contribution in [-0.4, -0.2) is 36.6 Å². The van der Waals surface area contributed by atoms with E-state index in [2.05, 4.69) is 0 Å². The van der Waals surface area contributed by atoms with Crippen molar-refractivity contribution in [2.75, 3.05) is 20.7 Å². The van der Waals surface area contributed by atoms with Gasteiger partial charge in [-0.2, -0.15) is 0 Å². The monoisotopic (exact) mass is 263 g/mol. The number of ether oxygens (including phenoxy) is 1. The molecule has 4 heteroatoms. The van der Waals surface area contributed by atoms with Crippen molar-refractivity contribution in [1.82, 2.24) is 4.90 Å². The lowest BCUT2D eigenvalue weighted by molar-refractivity contribution is -0.115. The maximum atomic E-state index is 11.5. The fraction of sp³-hybridized carbons (Fsp3) is 0.286. The van der Waals surface area contributed by atoms with Crippen molar-refractivity contribution in [3.63, 3.8) is 0 Å². The Balaban J connectivity index is 2.30. The zero-order valence-electron chi connectivity index (χ0n) is 10.6. The Kier molecular flexibility index (Phi) is 6.08. The predicted molar refractivity (Wildman–Crippen MR) is 77.3 cm³/mol. The topological polar surface area (TPSA) is 29.5 Å². The molecule has 1 aromatic carbocycles. The minimum atomic E-state index is 0.0282. The maximum Gasteiger partial charge on any atom is 0.258 e. The Bertz CT molecular complexity index is 427. The Morgan fingerprint density at radius 3 is 2.61 bits per heavy atom. The largest absolute Gasteiger partial charge is 0.470 e. The number of allylic oxidation sites excluding steroid dienone is 1. The van der Waals surface area contributed by atoms with E-state index in [1.807, 2.05) is 30.3 Å². The third kappa shape index (κ3) is 5.59. The molecule has 0 radical (unpaired) electrons. The van der Waals surface area contributed by atoms with Gasteiger partial charge in [-0.1, -0.05) is 36.4 Å². The van der Waals surface area contributed by atoms with E-state index in [1.54, 1.807) is 31.1 Å². The first-order chi connectivity index (χ1) is 8.59. The van der Waals surface area contributed by atoms with Gasteiger partial charge in [0, 0.05) is 20.5 Å². The van der Waals surface area contributed by atoms with E-state index in [1.165, 1.54) is 0 Å². The van der Waals surface area contributed by atoms with E-state index in [4.69, 9.17) is 17.0 Å². The van der Waals surface area contributed by atoms with Crippen LogP contribution < -0.4 is 0 Å². The van der Waals surface area contributed by atoms with Crippen molar-refractivity contribution in [2.45, 2.75) is 6.42 Å². The second kappa shape index (κ2) is 7.61. The fourth-order valence-corrected chi connectivity index (χ4v) is 1.29. The summed E-state index contributed by atoms with van der Waals surface area (Å²) in [6.07, 6.45) is 3.70. The number of rotatable bonds is 5. The molecule has 96 valence electrons. The lowest BCUT2D eigenvalue weighted by atomic mass is 10.2.